The van der Waals surface area contributed by atoms with Gasteiger partial charge in [0, 0.05) is 61.9 Å². The van der Waals surface area contributed by atoms with Crippen molar-refractivity contribution in [1.82, 2.24) is 29.5 Å². The first-order valence-electron chi connectivity index (χ1n) is 11.1. The lowest BCUT2D eigenvalue weighted by atomic mass is 9.85. The summed E-state index contributed by atoms with van der Waals surface area (Å²) in [4.78, 5) is 32.5. The fraction of sp³-hybridized carbons (Fsp3) is 0.333. The maximum Gasteiger partial charge on any atom is 0.220 e. The molecule has 0 bridgehead atoms. The van der Waals surface area contributed by atoms with Crippen LogP contribution in [0, 0.1) is 0 Å². The Bertz CT molecular complexity index is 1420. The SMILES string of the molecule is CC1(C)C(=O)Cc2cc(Cc3nc4c(N5CCc6nc(N)ncc6C5)nccn4n3)ccc21. The number of carbonyl (C=O) groups is 1. The van der Waals surface area contributed by atoms with Gasteiger partial charge in [0.2, 0.25) is 5.95 Å². The smallest absolute Gasteiger partial charge is 0.220 e. The van der Waals surface area contributed by atoms with Gasteiger partial charge in [0.15, 0.2) is 17.3 Å². The van der Waals surface area contributed by atoms with E-state index in [9.17, 15) is 4.79 Å². The van der Waals surface area contributed by atoms with Gasteiger partial charge in [-0.3, -0.25) is 4.79 Å². The molecule has 0 spiro atoms. The zero-order valence-corrected chi connectivity index (χ0v) is 18.6. The zero-order chi connectivity index (χ0) is 22.7. The van der Waals surface area contributed by atoms with Crippen LogP contribution in [0.5, 0.6) is 0 Å². The average Bonchev–Trinajstić information content (AvgIpc) is 3.30. The van der Waals surface area contributed by atoms with Crippen molar-refractivity contribution in [3.63, 3.8) is 0 Å². The van der Waals surface area contributed by atoms with E-state index in [2.05, 4.69) is 43.1 Å². The molecule has 4 heterocycles. The Balaban J connectivity index is 1.29. The minimum atomic E-state index is -0.403. The summed E-state index contributed by atoms with van der Waals surface area (Å²) in [5.41, 5.74) is 11.4. The van der Waals surface area contributed by atoms with Gasteiger partial charge in [-0.2, -0.15) is 5.10 Å². The lowest BCUT2D eigenvalue weighted by Gasteiger charge is -2.28. The highest BCUT2D eigenvalue weighted by atomic mass is 16.1. The number of carbonyl (C=O) groups excluding carboxylic acids is 1. The number of Topliss-reactive ketones (excluding diaryl/α,β-unsaturated/α-hetero) is 1. The Hall–Kier alpha value is -3.88. The molecule has 4 aromatic rings. The highest BCUT2D eigenvalue weighted by Crippen LogP contribution is 2.36. The molecule has 1 aromatic carbocycles. The van der Waals surface area contributed by atoms with Crippen LogP contribution in [-0.2, 0) is 36.0 Å². The molecule has 0 unspecified atom stereocenters. The number of ketones is 1. The molecule has 166 valence electrons. The number of rotatable bonds is 3. The normalized spacial score (nSPS) is 16.8. The molecule has 2 N–H and O–H groups in total. The van der Waals surface area contributed by atoms with Gasteiger partial charge in [-0.05, 0) is 30.5 Å². The molecule has 1 aliphatic heterocycles. The fourth-order valence-electron chi connectivity index (χ4n) is 4.90. The monoisotopic (exact) mass is 440 g/mol. The summed E-state index contributed by atoms with van der Waals surface area (Å²) in [6, 6.07) is 6.29. The minimum absolute atomic E-state index is 0.271. The van der Waals surface area contributed by atoms with Crippen molar-refractivity contribution in [3.05, 3.63) is 70.6 Å². The number of hydrogen-bond donors (Lipinski definition) is 1. The van der Waals surface area contributed by atoms with Crippen LogP contribution in [0.3, 0.4) is 0 Å². The van der Waals surface area contributed by atoms with Crippen molar-refractivity contribution in [3.8, 4) is 0 Å². The largest absolute Gasteiger partial charge is 0.368 e. The van der Waals surface area contributed by atoms with Gasteiger partial charge >= 0.3 is 0 Å². The Morgan fingerprint density at radius 1 is 1.15 bits per heavy atom. The van der Waals surface area contributed by atoms with E-state index in [4.69, 9.17) is 10.7 Å². The summed E-state index contributed by atoms with van der Waals surface area (Å²) in [6.45, 7) is 5.42. The molecule has 1 aliphatic carbocycles. The second-order valence-electron chi connectivity index (χ2n) is 9.31. The summed E-state index contributed by atoms with van der Waals surface area (Å²) >= 11 is 0. The average molecular weight is 441 g/mol. The number of aromatic nitrogens is 6. The minimum Gasteiger partial charge on any atom is -0.368 e. The van der Waals surface area contributed by atoms with E-state index in [1.807, 2.05) is 20.0 Å². The molecule has 0 fully saturated rings. The van der Waals surface area contributed by atoms with Gasteiger partial charge in [0.1, 0.15) is 5.78 Å². The van der Waals surface area contributed by atoms with Crippen LogP contribution in [0.4, 0.5) is 11.8 Å². The van der Waals surface area contributed by atoms with Crippen LogP contribution >= 0.6 is 0 Å². The molecular weight excluding hydrogens is 416 g/mol. The van der Waals surface area contributed by atoms with Crippen LogP contribution in [0.1, 0.15) is 47.6 Å². The highest BCUT2D eigenvalue weighted by Gasteiger charge is 2.37. The molecule has 0 amide bonds. The van der Waals surface area contributed by atoms with Gasteiger partial charge in [-0.25, -0.2) is 24.5 Å². The number of hydrogen-bond acceptors (Lipinski definition) is 8. The van der Waals surface area contributed by atoms with E-state index < -0.39 is 5.41 Å². The number of fused-ring (bicyclic) bond motifs is 3. The molecule has 0 saturated heterocycles. The van der Waals surface area contributed by atoms with E-state index in [1.165, 1.54) is 0 Å². The van der Waals surface area contributed by atoms with Gasteiger partial charge in [0.05, 0.1) is 5.69 Å². The molecule has 9 heteroatoms. The summed E-state index contributed by atoms with van der Waals surface area (Å²) in [7, 11) is 0. The third-order valence-electron chi connectivity index (χ3n) is 6.79. The molecule has 9 nitrogen and oxygen atoms in total. The topological polar surface area (TPSA) is 115 Å². The van der Waals surface area contributed by atoms with Crippen molar-refractivity contribution in [2.75, 3.05) is 17.2 Å². The van der Waals surface area contributed by atoms with Crippen LogP contribution in [0.15, 0.2) is 36.8 Å². The Labute approximate surface area is 190 Å². The van der Waals surface area contributed by atoms with Gasteiger partial charge in [0.25, 0.3) is 0 Å². The van der Waals surface area contributed by atoms with Crippen LogP contribution in [0.2, 0.25) is 0 Å². The quantitative estimate of drug-likeness (QED) is 0.515. The first-order chi connectivity index (χ1) is 15.9. The Kier molecular flexibility index (Phi) is 4.23. The van der Waals surface area contributed by atoms with E-state index in [0.29, 0.717) is 25.3 Å². The van der Waals surface area contributed by atoms with E-state index in [-0.39, 0.29) is 5.78 Å². The number of benzene rings is 1. The molecule has 33 heavy (non-hydrogen) atoms. The molecule has 3 aromatic heterocycles. The molecule has 0 saturated carbocycles. The zero-order valence-electron chi connectivity index (χ0n) is 18.6. The number of nitrogen functional groups attached to an aromatic ring is 1. The molecule has 0 radical (unpaired) electrons. The predicted octanol–water partition coefficient (Wildman–Crippen LogP) is 2.05. The lowest BCUT2D eigenvalue weighted by Crippen LogP contribution is -2.32. The van der Waals surface area contributed by atoms with E-state index in [0.717, 1.165) is 58.2 Å². The predicted molar refractivity (Wildman–Crippen MR) is 123 cm³/mol. The third-order valence-corrected chi connectivity index (χ3v) is 6.79. The van der Waals surface area contributed by atoms with Crippen LogP contribution in [-0.4, -0.2) is 41.9 Å². The summed E-state index contributed by atoms with van der Waals surface area (Å²) in [5, 5.41) is 4.69. The molecular formula is C24H24N8O. The molecule has 2 aliphatic rings. The number of nitrogens with zero attached hydrogens (tertiary/aromatic N) is 7. The fourth-order valence-corrected chi connectivity index (χ4v) is 4.90. The Morgan fingerprint density at radius 3 is 2.91 bits per heavy atom. The number of anilines is 2. The first-order valence-corrected chi connectivity index (χ1v) is 11.1. The van der Waals surface area contributed by atoms with Crippen molar-refractivity contribution in [2.24, 2.45) is 0 Å². The summed E-state index contributed by atoms with van der Waals surface area (Å²) in [5.74, 6) is 2.10. The Morgan fingerprint density at radius 2 is 2.03 bits per heavy atom. The summed E-state index contributed by atoms with van der Waals surface area (Å²) < 4.78 is 1.78. The van der Waals surface area contributed by atoms with Crippen molar-refractivity contribution in [2.45, 2.75) is 45.1 Å². The second kappa shape index (κ2) is 7.06. The van der Waals surface area contributed by atoms with Crippen LogP contribution < -0.4 is 10.6 Å². The second-order valence-corrected chi connectivity index (χ2v) is 9.31. The van der Waals surface area contributed by atoms with Gasteiger partial charge < -0.3 is 10.6 Å². The maximum absolute atomic E-state index is 12.4. The summed E-state index contributed by atoms with van der Waals surface area (Å²) in [6.07, 6.45) is 7.22. The van der Waals surface area contributed by atoms with Crippen molar-refractivity contribution >= 4 is 23.2 Å². The van der Waals surface area contributed by atoms with Gasteiger partial charge in [-0.15, -0.1) is 0 Å². The number of nitrogens with two attached hydrogens (primary N) is 1. The first kappa shape index (κ1) is 19.8. The highest BCUT2D eigenvalue weighted by molar-refractivity contribution is 5.95. The van der Waals surface area contributed by atoms with Crippen molar-refractivity contribution < 1.29 is 4.79 Å². The lowest BCUT2D eigenvalue weighted by molar-refractivity contribution is -0.121. The molecule has 6 rings (SSSR count). The maximum atomic E-state index is 12.4. The third kappa shape index (κ3) is 3.23. The van der Waals surface area contributed by atoms with E-state index in [1.54, 1.807) is 16.9 Å². The van der Waals surface area contributed by atoms with E-state index >= 15 is 0 Å². The van der Waals surface area contributed by atoms with Crippen LogP contribution in [0.25, 0.3) is 5.65 Å². The van der Waals surface area contributed by atoms with Crippen molar-refractivity contribution in [1.29, 1.82) is 0 Å². The van der Waals surface area contributed by atoms with Gasteiger partial charge in [-0.1, -0.05) is 18.2 Å². The molecule has 0 atom stereocenters. The standard InChI is InChI=1S/C24H24N8O/c1-24(2)17-4-3-14(9-15(17)11-19(24)33)10-20-29-22-21(26-6-8-32(22)30-20)31-7-5-18-16(13-31)12-27-23(25)28-18/h3-4,6,8-9,12H,5,7,10-11,13H2,1-2H3,(H2,25,27,28).